The lowest BCUT2D eigenvalue weighted by Crippen LogP contribution is -2.48. The number of benzene rings is 1. The van der Waals surface area contributed by atoms with Crippen molar-refractivity contribution in [2.75, 3.05) is 5.32 Å². The minimum atomic E-state index is -1.69. The first-order valence-corrected chi connectivity index (χ1v) is 8.16. The van der Waals surface area contributed by atoms with Crippen molar-refractivity contribution < 1.29 is 4.79 Å². The van der Waals surface area contributed by atoms with Crippen molar-refractivity contribution in [3.63, 3.8) is 0 Å². The van der Waals surface area contributed by atoms with E-state index < -0.39 is 9.96 Å². The first-order valence-electron chi connectivity index (χ1n) is 5.42. The number of aromatic nitrogens is 1. The van der Waals surface area contributed by atoms with E-state index in [1.807, 2.05) is 18.2 Å². The number of hydrogen-bond donors (Lipinski definition) is 2. The molecular formula is C11H9BrCl3N3OS. The summed E-state index contributed by atoms with van der Waals surface area (Å²) in [6.45, 7) is 1.35. The average molecular weight is 418 g/mol. The Balaban J connectivity index is 2.26. The summed E-state index contributed by atoms with van der Waals surface area (Å²) in [6, 6.07) is 5.72. The maximum atomic E-state index is 11.2. The third-order valence-corrected chi connectivity index (χ3v) is 4.39. The second-order valence-corrected chi connectivity index (χ2v) is 8.27. The van der Waals surface area contributed by atoms with Crippen LogP contribution < -0.4 is 10.6 Å². The lowest BCUT2D eigenvalue weighted by atomic mass is 10.3. The molecule has 0 radical (unpaired) electrons. The highest BCUT2D eigenvalue weighted by atomic mass is 79.9. The lowest BCUT2D eigenvalue weighted by Gasteiger charge is -2.25. The number of rotatable bonds is 3. The fourth-order valence-corrected chi connectivity index (χ4v) is 3.26. The molecule has 0 aliphatic rings. The van der Waals surface area contributed by atoms with Gasteiger partial charge in [0.1, 0.15) is 6.17 Å². The number of carbonyl (C=O) groups is 1. The normalized spacial score (nSPS) is 13.2. The van der Waals surface area contributed by atoms with E-state index >= 15 is 0 Å². The summed E-state index contributed by atoms with van der Waals surface area (Å²) >= 11 is 22.3. The minimum absolute atomic E-state index is 0.308. The number of amides is 1. The van der Waals surface area contributed by atoms with E-state index in [0.29, 0.717) is 5.13 Å². The Morgan fingerprint density at radius 2 is 2.15 bits per heavy atom. The first kappa shape index (κ1) is 16.1. The van der Waals surface area contributed by atoms with E-state index in [0.717, 1.165) is 14.7 Å². The molecule has 1 heterocycles. The van der Waals surface area contributed by atoms with Gasteiger partial charge in [0.15, 0.2) is 5.13 Å². The second-order valence-electron chi connectivity index (χ2n) is 3.95. The fourth-order valence-electron chi connectivity index (χ4n) is 1.49. The van der Waals surface area contributed by atoms with Crippen molar-refractivity contribution in [3.05, 3.63) is 22.7 Å². The molecule has 2 aromatic rings. The van der Waals surface area contributed by atoms with Crippen LogP contribution in [-0.2, 0) is 4.79 Å². The highest BCUT2D eigenvalue weighted by Crippen LogP contribution is 2.34. The average Bonchev–Trinajstić information content (AvgIpc) is 2.67. The third-order valence-electron chi connectivity index (χ3n) is 2.29. The molecule has 2 rings (SSSR count). The van der Waals surface area contributed by atoms with Gasteiger partial charge in [0, 0.05) is 11.4 Å². The molecule has 0 saturated carbocycles. The fraction of sp³-hybridized carbons (Fsp3) is 0.273. The van der Waals surface area contributed by atoms with E-state index in [2.05, 4.69) is 31.5 Å². The molecule has 1 aromatic heterocycles. The number of carbonyl (C=O) groups excluding carboxylic acids is 1. The van der Waals surface area contributed by atoms with Crippen molar-refractivity contribution in [1.29, 1.82) is 0 Å². The Labute approximate surface area is 142 Å². The second kappa shape index (κ2) is 6.23. The molecule has 1 amide bonds. The highest BCUT2D eigenvalue weighted by Gasteiger charge is 2.34. The monoisotopic (exact) mass is 415 g/mol. The Morgan fingerprint density at radius 1 is 1.45 bits per heavy atom. The van der Waals surface area contributed by atoms with Gasteiger partial charge in [-0.1, -0.05) is 62.1 Å². The number of fused-ring (bicyclic) bond motifs is 1. The van der Waals surface area contributed by atoms with E-state index in [-0.39, 0.29) is 5.91 Å². The van der Waals surface area contributed by atoms with Gasteiger partial charge in [-0.05, 0) is 18.2 Å². The van der Waals surface area contributed by atoms with Gasteiger partial charge < -0.3 is 10.6 Å². The summed E-state index contributed by atoms with van der Waals surface area (Å²) in [4.78, 5) is 15.5. The van der Waals surface area contributed by atoms with Gasteiger partial charge in [-0.15, -0.1) is 0 Å². The smallest absolute Gasteiger partial charge is 0.228 e. The van der Waals surface area contributed by atoms with Crippen LogP contribution in [0.3, 0.4) is 0 Å². The van der Waals surface area contributed by atoms with Crippen LogP contribution in [0.5, 0.6) is 0 Å². The number of anilines is 1. The van der Waals surface area contributed by atoms with Gasteiger partial charge in [0.2, 0.25) is 9.70 Å². The predicted octanol–water partition coefficient (Wildman–Crippen LogP) is 4.30. The highest BCUT2D eigenvalue weighted by molar-refractivity contribution is 9.10. The molecule has 0 aliphatic carbocycles. The number of halogens is 4. The SMILES string of the molecule is CC(=O)NC(Nc1nc2ccc(Br)cc2s1)C(Cl)(Cl)Cl. The number of thiazole rings is 1. The molecule has 0 aliphatic heterocycles. The quantitative estimate of drug-likeness (QED) is 0.578. The molecule has 0 saturated heterocycles. The molecule has 0 bridgehead atoms. The van der Waals surface area contributed by atoms with Crippen LogP contribution >= 0.6 is 62.1 Å². The number of nitrogens with one attached hydrogen (secondary N) is 2. The standard InChI is InChI=1S/C11H9BrCl3N3OS/c1-5(19)16-9(11(13,14)15)18-10-17-7-3-2-6(12)4-8(7)20-10/h2-4,9H,1H3,(H,16,19)(H,17,18). The Hall–Kier alpha value is -0.270. The summed E-state index contributed by atoms with van der Waals surface area (Å²) in [6.07, 6.45) is -0.867. The van der Waals surface area contributed by atoms with Crippen LogP contribution in [0.1, 0.15) is 6.92 Å². The Bertz CT molecular complexity index is 643. The molecule has 0 fully saturated rings. The van der Waals surface area contributed by atoms with Crippen LogP contribution in [0.25, 0.3) is 10.2 Å². The summed E-state index contributed by atoms with van der Waals surface area (Å²) in [5, 5.41) is 6.02. The van der Waals surface area contributed by atoms with Crippen molar-refractivity contribution in [2.24, 2.45) is 0 Å². The van der Waals surface area contributed by atoms with Gasteiger partial charge >= 0.3 is 0 Å². The van der Waals surface area contributed by atoms with Gasteiger partial charge in [0.05, 0.1) is 10.2 Å². The van der Waals surface area contributed by atoms with E-state index in [1.165, 1.54) is 18.3 Å². The van der Waals surface area contributed by atoms with Crippen LogP contribution in [-0.4, -0.2) is 20.8 Å². The van der Waals surface area contributed by atoms with Crippen LogP contribution in [0.4, 0.5) is 5.13 Å². The summed E-state index contributed by atoms with van der Waals surface area (Å²) < 4.78 is 0.247. The molecule has 1 atom stereocenters. The molecule has 1 unspecified atom stereocenters. The Kier molecular flexibility index (Phi) is 5.02. The van der Waals surface area contributed by atoms with Crippen molar-refractivity contribution in [2.45, 2.75) is 16.9 Å². The lowest BCUT2D eigenvalue weighted by molar-refractivity contribution is -0.119. The van der Waals surface area contributed by atoms with Crippen molar-refractivity contribution in [1.82, 2.24) is 10.3 Å². The zero-order valence-electron chi connectivity index (χ0n) is 10.1. The minimum Gasteiger partial charge on any atom is -0.338 e. The van der Waals surface area contributed by atoms with Crippen LogP contribution in [0.2, 0.25) is 0 Å². The van der Waals surface area contributed by atoms with Gasteiger partial charge in [0.25, 0.3) is 0 Å². The van der Waals surface area contributed by atoms with Gasteiger partial charge in [-0.3, -0.25) is 4.79 Å². The van der Waals surface area contributed by atoms with Crippen molar-refractivity contribution >= 4 is 83.3 Å². The topological polar surface area (TPSA) is 54.0 Å². The third kappa shape index (κ3) is 4.11. The molecular weight excluding hydrogens is 408 g/mol. The zero-order valence-corrected chi connectivity index (χ0v) is 14.8. The van der Waals surface area contributed by atoms with E-state index in [9.17, 15) is 4.79 Å². The molecule has 108 valence electrons. The maximum absolute atomic E-state index is 11.2. The largest absolute Gasteiger partial charge is 0.338 e. The summed E-state index contributed by atoms with van der Waals surface area (Å²) in [5.74, 6) is -0.308. The molecule has 0 spiro atoms. The van der Waals surface area contributed by atoms with Crippen molar-refractivity contribution in [3.8, 4) is 0 Å². The maximum Gasteiger partial charge on any atom is 0.228 e. The molecule has 20 heavy (non-hydrogen) atoms. The van der Waals surface area contributed by atoms with Crippen LogP contribution in [0, 0.1) is 0 Å². The summed E-state index contributed by atoms with van der Waals surface area (Å²) in [5.41, 5.74) is 0.826. The van der Waals surface area contributed by atoms with E-state index in [1.54, 1.807) is 0 Å². The number of alkyl halides is 3. The zero-order chi connectivity index (χ0) is 14.9. The number of hydrogen-bond acceptors (Lipinski definition) is 4. The molecule has 1 aromatic carbocycles. The van der Waals surface area contributed by atoms with Crippen LogP contribution in [0.15, 0.2) is 22.7 Å². The Morgan fingerprint density at radius 3 is 2.75 bits per heavy atom. The van der Waals surface area contributed by atoms with E-state index in [4.69, 9.17) is 34.8 Å². The predicted molar refractivity (Wildman–Crippen MR) is 88.8 cm³/mol. The molecule has 9 heteroatoms. The van der Waals surface area contributed by atoms with Gasteiger partial charge in [-0.2, -0.15) is 0 Å². The molecule has 2 N–H and O–H groups in total. The number of nitrogens with zero attached hydrogens (tertiary/aromatic N) is 1. The first-order chi connectivity index (χ1) is 9.25. The summed E-state index contributed by atoms with van der Waals surface area (Å²) in [7, 11) is 0. The molecule has 4 nitrogen and oxygen atoms in total. The van der Waals surface area contributed by atoms with Gasteiger partial charge in [-0.25, -0.2) is 4.98 Å².